The van der Waals surface area contributed by atoms with Crippen molar-refractivity contribution >= 4 is 13.7 Å². The second kappa shape index (κ2) is 40.8. The minimum atomic E-state index is -4.61. The minimum absolute atomic E-state index is 0.0188. The molecule has 8 nitrogen and oxygen atoms in total. The molecule has 0 aromatic carbocycles. The van der Waals surface area contributed by atoms with Gasteiger partial charge in [0.1, 0.15) is 13.2 Å². The van der Waals surface area contributed by atoms with Crippen LogP contribution in [0.4, 0.5) is 0 Å². The molecule has 0 saturated carbocycles. The quantitative estimate of drug-likeness (QED) is 0.0275. The van der Waals surface area contributed by atoms with Crippen molar-refractivity contribution < 1.29 is 32.9 Å². The molecule has 3 atom stereocenters. The third-order valence-electron chi connectivity index (χ3n) is 9.51. The van der Waals surface area contributed by atoms with Crippen molar-refractivity contribution in [2.24, 2.45) is 0 Å². The fourth-order valence-corrected chi connectivity index (χ4v) is 6.58. The minimum Gasteiger partial charge on any atom is -0.756 e. The van der Waals surface area contributed by atoms with E-state index in [1.54, 1.807) is 6.08 Å². The normalized spacial score (nSPS) is 15.2. The van der Waals surface area contributed by atoms with Gasteiger partial charge >= 0.3 is 0 Å². The summed E-state index contributed by atoms with van der Waals surface area (Å²) in [7, 11) is 1.20. The van der Waals surface area contributed by atoms with Crippen LogP contribution in [0.15, 0.2) is 97.2 Å². The Balaban J connectivity index is 4.53. The molecule has 3 unspecified atom stereocenters. The Morgan fingerprint density at radius 2 is 1.05 bits per heavy atom. The van der Waals surface area contributed by atoms with Gasteiger partial charge in [-0.05, 0) is 89.9 Å². The maximum absolute atomic E-state index is 12.9. The molecule has 0 aromatic rings. The molecular weight excluding hydrogens is 756 g/mol. The number of amides is 1. The van der Waals surface area contributed by atoms with Crippen LogP contribution >= 0.6 is 7.82 Å². The van der Waals surface area contributed by atoms with Gasteiger partial charge in [-0.1, -0.05) is 162 Å². The second-order valence-electron chi connectivity index (χ2n) is 16.4. The molecule has 0 rings (SSSR count). The Morgan fingerprint density at radius 1 is 0.610 bits per heavy atom. The zero-order valence-corrected chi connectivity index (χ0v) is 39.1. The number of phosphoric ester groups is 1. The molecule has 0 aliphatic rings. The van der Waals surface area contributed by atoms with Gasteiger partial charge in [-0.15, -0.1) is 0 Å². The Morgan fingerprint density at radius 3 is 1.58 bits per heavy atom. The van der Waals surface area contributed by atoms with Gasteiger partial charge in [0.15, 0.2) is 0 Å². The van der Waals surface area contributed by atoms with Gasteiger partial charge in [0.2, 0.25) is 5.91 Å². The van der Waals surface area contributed by atoms with Crippen LogP contribution in [-0.4, -0.2) is 68.5 Å². The first kappa shape index (κ1) is 56.4. The molecule has 0 aromatic heterocycles. The van der Waals surface area contributed by atoms with Crippen molar-refractivity contribution in [3.05, 3.63) is 97.2 Å². The lowest BCUT2D eigenvalue weighted by Crippen LogP contribution is -2.45. The van der Waals surface area contributed by atoms with Crippen LogP contribution < -0.4 is 10.2 Å². The molecule has 2 N–H and O–H groups in total. The zero-order valence-electron chi connectivity index (χ0n) is 38.2. The Labute approximate surface area is 362 Å². The van der Waals surface area contributed by atoms with Crippen LogP contribution in [0.1, 0.15) is 162 Å². The van der Waals surface area contributed by atoms with E-state index in [2.05, 4.69) is 104 Å². The molecule has 0 spiro atoms. The molecule has 0 saturated heterocycles. The number of nitrogens with one attached hydrogen (secondary N) is 1. The lowest BCUT2D eigenvalue weighted by molar-refractivity contribution is -0.870. The number of quaternary nitrogens is 1. The second-order valence-corrected chi connectivity index (χ2v) is 17.8. The van der Waals surface area contributed by atoms with E-state index in [1.807, 2.05) is 27.2 Å². The standard InChI is InChI=1S/C50H87N2O6P/c1-6-8-10-12-14-16-18-20-22-24-25-26-27-28-30-32-34-36-38-40-42-44-50(54)51-48(47-58-59(55,56)57-46-45-52(3,4)5)49(53)43-41-39-37-35-33-31-29-23-21-19-17-15-13-11-9-7-2/h8,10,14,16,20-23,25-26,28,30,33,35,41,43,48-49,53H,6-7,9,11-13,15,17-19,24,27,29,31-32,34,36-40,42,44-47H2,1-5H3,(H-,51,54,55,56)/b10-8-,16-14-,22-20-,23-21+,26-25-,30-28-,35-33+,43-41+. The van der Waals surface area contributed by atoms with Crippen molar-refractivity contribution in [1.29, 1.82) is 0 Å². The summed E-state index contributed by atoms with van der Waals surface area (Å²) in [4.78, 5) is 25.3. The van der Waals surface area contributed by atoms with Gasteiger partial charge in [-0.2, -0.15) is 0 Å². The van der Waals surface area contributed by atoms with E-state index < -0.39 is 26.6 Å². The summed E-state index contributed by atoms with van der Waals surface area (Å²) in [5.41, 5.74) is 0. The number of hydrogen-bond donors (Lipinski definition) is 2. The number of unbranched alkanes of at least 4 members (excludes halogenated alkanes) is 13. The number of aliphatic hydroxyl groups excluding tert-OH is 1. The molecule has 0 aliphatic heterocycles. The largest absolute Gasteiger partial charge is 0.756 e. The summed E-state index contributed by atoms with van der Waals surface area (Å²) in [6.45, 7) is 4.45. The maximum atomic E-state index is 12.9. The van der Waals surface area contributed by atoms with E-state index in [0.717, 1.165) is 96.3 Å². The number of phosphoric acid groups is 1. The van der Waals surface area contributed by atoms with Crippen LogP contribution in [0, 0.1) is 0 Å². The van der Waals surface area contributed by atoms with Crippen LogP contribution in [0.5, 0.6) is 0 Å². The van der Waals surface area contributed by atoms with E-state index >= 15 is 0 Å². The Kier molecular flexibility index (Phi) is 39.0. The fourth-order valence-electron chi connectivity index (χ4n) is 5.86. The lowest BCUT2D eigenvalue weighted by Gasteiger charge is -2.29. The number of likely N-dealkylation sites (N-methyl/N-ethyl adjacent to an activating group) is 1. The Hall–Kier alpha value is -2.58. The first-order valence-electron chi connectivity index (χ1n) is 23.1. The molecule has 9 heteroatoms. The molecule has 0 aliphatic carbocycles. The van der Waals surface area contributed by atoms with Gasteiger partial charge in [0.05, 0.1) is 39.9 Å². The van der Waals surface area contributed by atoms with E-state index in [9.17, 15) is 19.4 Å². The number of rotatable bonds is 40. The van der Waals surface area contributed by atoms with Gasteiger partial charge in [0.25, 0.3) is 7.82 Å². The smallest absolute Gasteiger partial charge is 0.268 e. The van der Waals surface area contributed by atoms with Crippen LogP contribution in [-0.2, 0) is 18.4 Å². The number of carbonyl (C=O) groups excluding carboxylic acids is 1. The molecule has 0 bridgehead atoms. The van der Waals surface area contributed by atoms with Gasteiger partial charge < -0.3 is 28.8 Å². The van der Waals surface area contributed by atoms with E-state index in [0.29, 0.717) is 17.4 Å². The highest BCUT2D eigenvalue weighted by molar-refractivity contribution is 7.45. The summed E-state index contributed by atoms with van der Waals surface area (Å²) < 4.78 is 23.2. The van der Waals surface area contributed by atoms with Crippen LogP contribution in [0.3, 0.4) is 0 Å². The average Bonchev–Trinajstić information content (AvgIpc) is 3.19. The lowest BCUT2D eigenvalue weighted by atomic mass is 10.1. The van der Waals surface area contributed by atoms with Gasteiger partial charge in [0, 0.05) is 6.42 Å². The third-order valence-corrected chi connectivity index (χ3v) is 10.5. The molecule has 0 radical (unpaired) electrons. The number of allylic oxidation sites excluding steroid dienone is 15. The van der Waals surface area contributed by atoms with Crippen molar-refractivity contribution in [3.63, 3.8) is 0 Å². The molecule has 1 amide bonds. The van der Waals surface area contributed by atoms with Crippen LogP contribution in [0.25, 0.3) is 0 Å². The number of nitrogens with zero attached hydrogens (tertiary/aromatic N) is 1. The van der Waals surface area contributed by atoms with Crippen molar-refractivity contribution in [2.75, 3.05) is 40.9 Å². The molecule has 0 heterocycles. The maximum Gasteiger partial charge on any atom is 0.268 e. The van der Waals surface area contributed by atoms with E-state index in [1.165, 1.54) is 44.9 Å². The topological polar surface area (TPSA) is 108 Å². The predicted molar refractivity (Wildman–Crippen MR) is 251 cm³/mol. The SMILES string of the molecule is CC/C=C\C/C=C\C/C=C\C/C=C\C/C=C\CCCCCCCC(=O)NC(COP(=O)([O-])OCC[N+](C)(C)C)C(O)/C=C/CC/C=C/CC/C=C/CCCCCCCC. The van der Waals surface area contributed by atoms with Crippen molar-refractivity contribution in [2.45, 2.75) is 174 Å². The number of hydrogen-bond acceptors (Lipinski definition) is 6. The first-order chi connectivity index (χ1) is 28.5. The van der Waals surface area contributed by atoms with E-state index in [4.69, 9.17) is 9.05 Å². The zero-order chi connectivity index (χ0) is 43.6. The number of carbonyl (C=O) groups is 1. The monoisotopic (exact) mass is 843 g/mol. The molecule has 338 valence electrons. The highest BCUT2D eigenvalue weighted by Crippen LogP contribution is 2.38. The number of aliphatic hydroxyl groups is 1. The molecule has 59 heavy (non-hydrogen) atoms. The summed E-state index contributed by atoms with van der Waals surface area (Å²) in [6, 6.07) is -0.926. The summed E-state index contributed by atoms with van der Waals surface area (Å²) in [5, 5.41) is 13.8. The Bertz CT molecular complexity index is 1280. The summed E-state index contributed by atoms with van der Waals surface area (Å²) >= 11 is 0. The molecular formula is C50H87N2O6P. The predicted octanol–water partition coefficient (Wildman–Crippen LogP) is 12.5. The third kappa shape index (κ3) is 43.3. The van der Waals surface area contributed by atoms with Crippen molar-refractivity contribution in [1.82, 2.24) is 5.32 Å². The van der Waals surface area contributed by atoms with E-state index in [-0.39, 0.29) is 12.5 Å². The summed E-state index contributed by atoms with van der Waals surface area (Å²) in [6.07, 6.45) is 57.4. The highest BCUT2D eigenvalue weighted by atomic mass is 31.2. The van der Waals surface area contributed by atoms with Gasteiger partial charge in [-0.3, -0.25) is 9.36 Å². The highest BCUT2D eigenvalue weighted by Gasteiger charge is 2.23. The summed E-state index contributed by atoms with van der Waals surface area (Å²) in [5.74, 6) is -0.236. The van der Waals surface area contributed by atoms with Crippen LogP contribution in [0.2, 0.25) is 0 Å². The van der Waals surface area contributed by atoms with Gasteiger partial charge in [-0.25, -0.2) is 0 Å². The average molecular weight is 843 g/mol. The van der Waals surface area contributed by atoms with Crippen molar-refractivity contribution in [3.8, 4) is 0 Å². The molecule has 0 fully saturated rings. The first-order valence-corrected chi connectivity index (χ1v) is 24.6. The fraction of sp³-hybridized carbons (Fsp3) is 0.660.